The summed E-state index contributed by atoms with van der Waals surface area (Å²) in [6.07, 6.45) is 4.18. The summed E-state index contributed by atoms with van der Waals surface area (Å²) in [6.45, 7) is 2.70. The highest BCUT2D eigenvalue weighted by Crippen LogP contribution is 2.29. The molecule has 0 fully saturated rings. The van der Waals surface area contributed by atoms with Gasteiger partial charge in [0, 0.05) is 7.11 Å². The molecule has 1 amide bonds. The number of ether oxygens (including phenoxy) is 4. The number of nitrogens with one attached hydrogen (secondary N) is 2. The van der Waals surface area contributed by atoms with E-state index in [2.05, 4.69) is 15.0 Å². The van der Waals surface area contributed by atoms with Crippen molar-refractivity contribution >= 4 is 15.9 Å². The Labute approximate surface area is 240 Å². The zero-order valence-electron chi connectivity index (χ0n) is 22.7. The van der Waals surface area contributed by atoms with E-state index in [1.807, 2.05) is 0 Å². The van der Waals surface area contributed by atoms with Crippen LogP contribution in [0.3, 0.4) is 0 Å². The van der Waals surface area contributed by atoms with Crippen LogP contribution in [0.25, 0.3) is 0 Å². The number of carbonyl (C=O) groups excluding carboxylic acids is 1. The Kier molecular flexibility index (Phi) is 10.0. The molecule has 0 aliphatic heterocycles. The van der Waals surface area contributed by atoms with Crippen molar-refractivity contribution in [3.8, 4) is 17.2 Å². The number of nitrogens with zero attached hydrogens (tertiary/aromatic N) is 2. The van der Waals surface area contributed by atoms with Gasteiger partial charge in [0.2, 0.25) is 5.82 Å². The average Bonchev–Trinajstić information content (AvgIpc) is 3.51. The van der Waals surface area contributed by atoms with Crippen molar-refractivity contribution in [2.24, 2.45) is 0 Å². The van der Waals surface area contributed by atoms with Crippen molar-refractivity contribution in [1.29, 1.82) is 0 Å². The van der Waals surface area contributed by atoms with E-state index < -0.39 is 45.0 Å². The van der Waals surface area contributed by atoms with E-state index in [4.69, 9.17) is 18.9 Å². The van der Waals surface area contributed by atoms with Gasteiger partial charge in [-0.2, -0.15) is 4.39 Å². The molecule has 222 valence electrons. The lowest BCUT2D eigenvalue weighted by Crippen LogP contribution is -2.31. The second-order valence-corrected chi connectivity index (χ2v) is 10.5. The quantitative estimate of drug-likeness (QED) is 0.202. The number of aromatic nitrogens is 3. The van der Waals surface area contributed by atoms with Gasteiger partial charge >= 0.3 is 0 Å². The normalized spacial score (nSPS) is 12.0. The van der Waals surface area contributed by atoms with Gasteiger partial charge in [-0.3, -0.25) is 9.78 Å². The second kappa shape index (κ2) is 13.9. The van der Waals surface area contributed by atoms with Crippen molar-refractivity contribution in [2.75, 3.05) is 20.3 Å². The Morgan fingerprint density at radius 2 is 1.74 bits per heavy atom. The first-order chi connectivity index (χ1) is 20.2. The summed E-state index contributed by atoms with van der Waals surface area (Å²) in [7, 11) is -2.86. The summed E-state index contributed by atoms with van der Waals surface area (Å²) in [4.78, 5) is 23.4. The van der Waals surface area contributed by atoms with Crippen LogP contribution in [0.4, 0.5) is 8.78 Å². The molecule has 0 saturated carbocycles. The molecule has 4 rings (SSSR count). The third kappa shape index (κ3) is 7.59. The fourth-order valence-electron chi connectivity index (χ4n) is 3.69. The molecule has 4 aromatic rings. The molecule has 42 heavy (non-hydrogen) atoms. The Morgan fingerprint density at radius 1 is 0.976 bits per heavy atom. The lowest BCUT2D eigenvalue weighted by atomic mass is 10.1. The summed E-state index contributed by atoms with van der Waals surface area (Å²) in [5.74, 6) is -3.96. The van der Waals surface area contributed by atoms with Gasteiger partial charge in [-0.1, -0.05) is 6.92 Å². The van der Waals surface area contributed by atoms with Crippen LogP contribution >= 0.6 is 0 Å². The summed E-state index contributed by atoms with van der Waals surface area (Å²) in [5.41, 5.74) is 0.346. The van der Waals surface area contributed by atoms with E-state index in [9.17, 15) is 22.0 Å². The van der Waals surface area contributed by atoms with Gasteiger partial charge < -0.3 is 23.9 Å². The third-order valence-corrected chi connectivity index (χ3v) is 7.23. The number of rotatable bonds is 14. The minimum absolute atomic E-state index is 0.180. The third-order valence-electron chi connectivity index (χ3n) is 5.89. The lowest BCUT2D eigenvalue weighted by Gasteiger charge is -2.18. The highest BCUT2D eigenvalue weighted by Gasteiger charge is 2.25. The van der Waals surface area contributed by atoms with E-state index in [1.165, 1.54) is 36.8 Å². The number of aromatic amines is 1. The molecular weight excluding hydrogens is 574 g/mol. The molecule has 2 aromatic heterocycles. The minimum Gasteiger partial charge on any atom is -0.490 e. The van der Waals surface area contributed by atoms with Crippen LogP contribution in [-0.2, 0) is 21.4 Å². The minimum atomic E-state index is -4.41. The molecule has 1 unspecified atom stereocenters. The van der Waals surface area contributed by atoms with Gasteiger partial charge in [-0.15, -0.1) is 0 Å². The van der Waals surface area contributed by atoms with Crippen molar-refractivity contribution in [2.45, 2.75) is 31.0 Å². The van der Waals surface area contributed by atoms with E-state index in [0.29, 0.717) is 42.5 Å². The molecule has 2 aromatic carbocycles. The monoisotopic (exact) mass is 602 g/mol. The number of H-pyrrole nitrogens is 1. The molecule has 0 aliphatic carbocycles. The summed E-state index contributed by atoms with van der Waals surface area (Å²) < 4.78 is 78.6. The van der Waals surface area contributed by atoms with E-state index >= 15 is 0 Å². The van der Waals surface area contributed by atoms with E-state index in [-0.39, 0.29) is 11.5 Å². The molecule has 14 heteroatoms. The number of amides is 1. The number of methoxy groups -OCH3 is 1. The fourth-order valence-corrected chi connectivity index (χ4v) is 4.66. The first kappa shape index (κ1) is 30.4. The van der Waals surface area contributed by atoms with Gasteiger partial charge in [-0.05, 0) is 55.0 Å². The summed E-state index contributed by atoms with van der Waals surface area (Å²) >= 11 is 0. The summed E-state index contributed by atoms with van der Waals surface area (Å²) in [5, 5.41) is 0. The van der Waals surface area contributed by atoms with Crippen molar-refractivity contribution in [3.05, 3.63) is 95.8 Å². The highest BCUT2D eigenvalue weighted by atomic mass is 32.2. The fraction of sp³-hybridized carbons (Fsp3) is 0.250. The number of imidazole rings is 1. The molecule has 0 spiro atoms. The van der Waals surface area contributed by atoms with E-state index in [0.717, 1.165) is 12.1 Å². The molecule has 2 N–H and O–H groups in total. The van der Waals surface area contributed by atoms with Gasteiger partial charge in [0.15, 0.2) is 11.6 Å². The van der Waals surface area contributed by atoms with Crippen LogP contribution in [0.1, 0.15) is 41.2 Å². The Hall–Kier alpha value is -4.56. The van der Waals surface area contributed by atoms with Crippen molar-refractivity contribution < 1.29 is 40.9 Å². The number of halogens is 2. The standard InChI is InChI=1S/C28H28F2N4O7S/c1-3-24(23-10-6-20(15-32-23)39-13-12-38-2)41-25-11-9-22(26(29)27(25)30)28(35)34-42(36,37)21-7-4-19(5-8-21)40-16-18-14-31-17-33-18/h4-11,14-15,17,24H,3,12-13,16H2,1-2H3,(H,31,33)(H,34,35). The van der Waals surface area contributed by atoms with Gasteiger partial charge in [0.05, 0.1) is 47.2 Å². The first-order valence-electron chi connectivity index (χ1n) is 12.7. The predicted octanol–water partition coefficient (Wildman–Crippen LogP) is 4.34. The molecular formula is C28H28F2N4O7S. The van der Waals surface area contributed by atoms with Crippen LogP contribution in [0, 0.1) is 11.6 Å². The Bertz CT molecular complexity index is 1580. The van der Waals surface area contributed by atoms with E-state index in [1.54, 1.807) is 37.1 Å². The van der Waals surface area contributed by atoms with Crippen molar-refractivity contribution in [1.82, 2.24) is 19.7 Å². The van der Waals surface area contributed by atoms with Crippen molar-refractivity contribution in [3.63, 3.8) is 0 Å². The predicted molar refractivity (Wildman–Crippen MR) is 146 cm³/mol. The molecule has 0 radical (unpaired) electrons. The topological polar surface area (TPSA) is 142 Å². The molecule has 2 heterocycles. The smallest absolute Gasteiger partial charge is 0.268 e. The maximum absolute atomic E-state index is 14.9. The SMILES string of the molecule is CCC(Oc1ccc(C(=O)NS(=O)(=O)c2ccc(OCc3cnc[nH]3)cc2)c(F)c1F)c1ccc(OCCOC)cn1. The van der Waals surface area contributed by atoms with Gasteiger partial charge in [0.25, 0.3) is 15.9 Å². The molecule has 11 nitrogen and oxygen atoms in total. The first-order valence-corrected chi connectivity index (χ1v) is 14.2. The Morgan fingerprint density at radius 3 is 2.38 bits per heavy atom. The highest BCUT2D eigenvalue weighted by molar-refractivity contribution is 7.90. The largest absolute Gasteiger partial charge is 0.490 e. The summed E-state index contributed by atoms with van der Waals surface area (Å²) in [6, 6.07) is 10.5. The molecule has 0 saturated heterocycles. The zero-order valence-corrected chi connectivity index (χ0v) is 23.5. The average molecular weight is 603 g/mol. The molecule has 0 bridgehead atoms. The lowest BCUT2D eigenvalue weighted by molar-refractivity contribution is 0.0976. The maximum Gasteiger partial charge on any atom is 0.268 e. The number of hydrogen-bond acceptors (Lipinski definition) is 9. The molecule has 0 aliphatic rings. The second-order valence-electron chi connectivity index (χ2n) is 8.79. The Balaban J connectivity index is 1.41. The number of carbonyl (C=O) groups is 1. The number of hydrogen-bond donors (Lipinski definition) is 2. The van der Waals surface area contributed by atoms with Crippen LogP contribution < -0.4 is 18.9 Å². The van der Waals surface area contributed by atoms with Crippen LogP contribution in [0.15, 0.2) is 72.1 Å². The maximum atomic E-state index is 14.9. The number of sulfonamides is 1. The zero-order chi connectivity index (χ0) is 30.1. The van der Waals surface area contributed by atoms with Gasteiger partial charge in [-0.25, -0.2) is 22.5 Å². The van der Waals surface area contributed by atoms with Gasteiger partial charge in [0.1, 0.15) is 30.8 Å². The van der Waals surface area contributed by atoms with Crippen LogP contribution in [-0.4, -0.2) is 49.6 Å². The van der Waals surface area contributed by atoms with Crippen LogP contribution in [0.2, 0.25) is 0 Å². The van der Waals surface area contributed by atoms with Crippen LogP contribution in [0.5, 0.6) is 17.2 Å². The number of pyridine rings is 1. The molecule has 1 atom stereocenters. The number of benzene rings is 2.